The number of unbranched alkanes of at least 4 members (excludes halogenated alkanes) is 1. The van der Waals surface area contributed by atoms with Crippen LogP contribution in [0.2, 0.25) is 0 Å². The van der Waals surface area contributed by atoms with Crippen molar-refractivity contribution >= 4 is 23.6 Å². The van der Waals surface area contributed by atoms with E-state index in [-0.39, 0.29) is 32.7 Å². The second-order valence-corrected chi connectivity index (χ2v) is 9.49. The van der Waals surface area contributed by atoms with E-state index < -0.39 is 35.2 Å². The summed E-state index contributed by atoms with van der Waals surface area (Å²) in [5.74, 6) is -2.29. The topological polar surface area (TPSA) is 157 Å². The Kier molecular flexibility index (Phi) is 15.8. The van der Waals surface area contributed by atoms with Crippen molar-refractivity contribution < 1.29 is 38.8 Å². The van der Waals surface area contributed by atoms with E-state index in [1.54, 1.807) is 6.92 Å². The molecule has 1 rings (SSSR count). The van der Waals surface area contributed by atoms with Gasteiger partial charge >= 0.3 is 11.9 Å². The number of carboxylic acids is 1. The van der Waals surface area contributed by atoms with Crippen LogP contribution in [-0.2, 0) is 28.6 Å². The molecule has 0 aliphatic rings. The molecule has 2 unspecified atom stereocenters. The lowest BCUT2D eigenvalue weighted by Gasteiger charge is -2.33. The molecule has 0 aliphatic heterocycles. The minimum absolute atomic E-state index is 0.0193. The summed E-state index contributed by atoms with van der Waals surface area (Å²) in [5.41, 5.74) is 5.42. The molecule has 0 aromatic heterocycles. The van der Waals surface area contributed by atoms with Crippen LogP contribution in [0.4, 0.5) is 0 Å². The molecule has 0 bridgehead atoms. The van der Waals surface area contributed by atoms with Gasteiger partial charge < -0.3 is 35.5 Å². The molecular weight excluding hydrogens is 492 g/mol. The summed E-state index contributed by atoms with van der Waals surface area (Å²) in [6, 6.07) is 7.99. The van der Waals surface area contributed by atoms with Crippen LogP contribution in [0.15, 0.2) is 36.5 Å². The molecular formula is C28H44N2O8. The highest BCUT2D eigenvalue weighted by Gasteiger charge is 2.39. The first kappa shape index (κ1) is 32.9. The number of nitrogens with two attached hydrogens (primary N) is 1. The maximum atomic E-state index is 13.5. The number of aliphatic hydroxyl groups is 1. The monoisotopic (exact) mass is 536 g/mol. The number of ether oxygens (including phenoxy) is 3. The summed E-state index contributed by atoms with van der Waals surface area (Å²) in [6.07, 6.45) is 4.21. The van der Waals surface area contributed by atoms with Gasteiger partial charge in [0.2, 0.25) is 5.91 Å². The van der Waals surface area contributed by atoms with Crippen molar-refractivity contribution in [2.24, 2.45) is 17.1 Å². The Morgan fingerprint density at radius 3 is 2.37 bits per heavy atom. The molecule has 1 aromatic rings. The van der Waals surface area contributed by atoms with Crippen LogP contribution in [0.25, 0.3) is 5.76 Å². The number of benzene rings is 1. The fourth-order valence-corrected chi connectivity index (χ4v) is 4.04. The Morgan fingerprint density at radius 2 is 1.79 bits per heavy atom. The number of rotatable bonds is 20. The molecule has 0 fully saturated rings. The molecule has 0 aliphatic carbocycles. The zero-order chi connectivity index (χ0) is 28.4. The first-order valence-electron chi connectivity index (χ1n) is 13.1. The van der Waals surface area contributed by atoms with E-state index in [1.165, 1.54) is 13.3 Å². The molecule has 1 aromatic carbocycles. The molecule has 0 heterocycles. The van der Waals surface area contributed by atoms with E-state index >= 15 is 0 Å². The van der Waals surface area contributed by atoms with Gasteiger partial charge in [0.25, 0.3) is 0 Å². The minimum Gasteiger partial charge on any atom is -0.491 e. The van der Waals surface area contributed by atoms with Crippen molar-refractivity contribution in [3.8, 4) is 0 Å². The van der Waals surface area contributed by atoms with Crippen LogP contribution in [0.1, 0.15) is 64.4 Å². The predicted molar refractivity (Wildman–Crippen MR) is 144 cm³/mol. The van der Waals surface area contributed by atoms with E-state index in [1.807, 2.05) is 37.3 Å². The van der Waals surface area contributed by atoms with Crippen molar-refractivity contribution in [3.05, 3.63) is 42.1 Å². The normalized spacial score (nSPS) is 14.7. The molecule has 0 saturated heterocycles. The molecule has 0 spiro atoms. The molecule has 1 amide bonds. The average molecular weight is 537 g/mol. The number of carbonyl (C=O) groups is 3. The molecule has 214 valence electrons. The van der Waals surface area contributed by atoms with E-state index in [9.17, 15) is 19.5 Å². The van der Waals surface area contributed by atoms with Crippen molar-refractivity contribution in [1.29, 1.82) is 0 Å². The lowest BCUT2D eigenvalue weighted by atomic mass is 9.75. The van der Waals surface area contributed by atoms with Crippen molar-refractivity contribution in [2.75, 3.05) is 33.5 Å². The third-order valence-corrected chi connectivity index (χ3v) is 6.35. The molecule has 10 heteroatoms. The third-order valence-electron chi connectivity index (χ3n) is 6.35. The molecule has 3 atom stereocenters. The molecule has 5 N–H and O–H groups in total. The maximum Gasteiger partial charge on any atom is 0.326 e. The summed E-state index contributed by atoms with van der Waals surface area (Å²) in [5, 5.41) is 21.4. The number of methoxy groups -OCH3 is 1. The highest BCUT2D eigenvalue weighted by atomic mass is 16.5. The van der Waals surface area contributed by atoms with E-state index in [0.717, 1.165) is 18.4 Å². The second kappa shape index (κ2) is 18.2. The standard InChI is InChI=1S/C28H44N2O8/c1-4-5-14-28(2,19-22(12-17-36-3)26(34)38-16-9-15-31)27(35)30-23(25(32)33)13-18-37-24(20-29)21-10-7-6-8-11-21/h6-8,10-11,20,22-23,31H,4-5,9,12-19,29H2,1-3H3,(H,30,35)(H,32,33)/b24-20-/t22-,23?,28?/m1/s1. The number of aliphatic hydroxyl groups excluding tert-OH is 1. The summed E-state index contributed by atoms with van der Waals surface area (Å²) in [4.78, 5) is 38.2. The fraction of sp³-hybridized carbons (Fsp3) is 0.607. The lowest BCUT2D eigenvalue weighted by Crippen LogP contribution is -2.49. The minimum atomic E-state index is -1.19. The first-order valence-corrected chi connectivity index (χ1v) is 13.1. The number of carbonyl (C=O) groups excluding carboxylic acids is 2. The van der Waals surface area contributed by atoms with Gasteiger partial charge in [-0.2, -0.15) is 0 Å². The molecule has 38 heavy (non-hydrogen) atoms. The molecule has 10 nitrogen and oxygen atoms in total. The number of amides is 1. The Morgan fingerprint density at radius 1 is 1.08 bits per heavy atom. The first-order chi connectivity index (χ1) is 18.2. The number of nitrogens with one attached hydrogen (secondary N) is 1. The zero-order valence-electron chi connectivity index (χ0n) is 22.8. The number of hydrogen-bond acceptors (Lipinski definition) is 8. The Bertz CT molecular complexity index is 877. The van der Waals surface area contributed by atoms with E-state index in [2.05, 4.69) is 5.32 Å². The maximum absolute atomic E-state index is 13.5. The number of carboxylic acid groups (broad SMARTS) is 1. The third kappa shape index (κ3) is 11.5. The van der Waals surface area contributed by atoms with E-state index in [0.29, 0.717) is 31.6 Å². The summed E-state index contributed by atoms with van der Waals surface area (Å²) in [7, 11) is 1.53. The van der Waals surface area contributed by atoms with Crippen LogP contribution in [0.5, 0.6) is 0 Å². The van der Waals surface area contributed by atoms with Crippen LogP contribution in [-0.4, -0.2) is 67.6 Å². The zero-order valence-corrected chi connectivity index (χ0v) is 22.8. The summed E-state index contributed by atoms with van der Waals surface area (Å²) >= 11 is 0. The fourth-order valence-electron chi connectivity index (χ4n) is 4.04. The average Bonchev–Trinajstić information content (AvgIpc) is 2.91. The largest absolute Gasteiger partial charge is 0.491 e. The second-order valence-electron chi connectivity index (χ2n) is 9.49. The molecule has 0 saturated carbocycles. The SMILES string of the molecule is CCCCC(C)(C[C@@H](CCOC)C(=O)OCCCO)C(=O)NC(CCO/C(=C\N)c1ccccc1)C(=O)O. The summed E-state index contributed by atoms with van der Waals surface area (Å²) in [6.45, 7) is 4.06. The van der Waals surface area contributed by atoms with Gasteiger partial charge in [0.15, 0.2) is 0 Å². The van der Waals surface area contributed by atoms with Gasteiger partial charge in [-0.1, -0.05) is 57.0 Å². The lowest BCUT2D eigenvalue weighted by molar-refractivity contribution is -0.152. The van der Waals surface area contributed by atoms with Crippen LogP contribution in [0.3, 0.4) is 0 Å². The van der Waals surface area contributed by atoms with Gasteiger partial charge in [0, 0.05) is 50.3 Å². The van der Waals surface area contributed by atoms with Crippen LogP contribution >= 0.6 is 0 Å². The van der Waals surface area contributed by atoms with Crippen LogP contribution in [0, 0.1) is 11.3 Å². The van der Waals surface area contributed by atoms with Gasteiger partial charge in [-0.3, -0.25) is 9.59 Å². The van der Waals surface area contributed by atoms with Gasteiger partial charge in [-0.05, 0) is 19.3 Å². The Hall–Kier alpha value is -3.11. The summed E-state index contributed by atoms with van der Waals surface area (Å²) < 4.78 is 16.2. The van der Waals surface area contributed by atoms with Gasteiger partial charge in [0.05, 0.1) is 19.1 Å². The Labute approximate surface area is 225 Å². The van der Waals surface area contributed by atoms with Crippen molar-refractivity contribution in [1.82, 2.24) is 5.32 Å². The number of aliphatic carboxylic acids is 1. The van der Waals surface area contributed by atoms with Gasteiger partial charge in [-0.25, -0.2) is 4.79 Å². The highest BCUT2D eigenvalue weighted by molar-refractivity contribution is 5.87. The van der Waals surface area contributed by atoms with Gasteiger partial charge in [0.1, 0.15) is 11.8 Å². The highest BCUT2D eigenvalue weighted by Crippen LogP contribution is 2.34. The predicted octanol–water partition coefficient (Wildman–Crippen LogP) is 3.08. The molecule has 0 radical (unpaired) electrons. The smallest absolute Gasteiger partial charge is 0.326 e. The van der Waals surface area contributed by atoms with Crippen molar-refractivity contribution in [3.63, 3.8) is 0 Å². The van der Waals surface area contributed by atoms with Crippen molar-refractivity contribution in [2.45, 2.75) is 64.8 Å². The van der Waals surface area contributed by atoms with Gasteiger partial charge in [-0.15, -0.1) is 0 Å². The van der Waals surface area contributed by atoms with Crippen LogP contribution < -0.4 is 11.1 Å². The Balaban J connectivity index is 2.95. The number of esters is 1. The number of hydrogen-bond donors (Lipinski definition) is 4. The quantitative estimate of drug-likeness (QED) is 0.112. The van der Waals surface area contributed by atoms with E-state index in [4.69, 9.17) is 25.1 Å².